The summed E-state index contributed by atoms with van der Waals surface area (Å²) in [5.74, 6) is -0.416. The Morgan fingerprint density at radius 3 is 2.63 bits per heavy atom. The maximum absolute atomic E-state index is 11.3. The Labute approximate surface area is 166 Å². The van der Waals surface area contributed by atoms with Crippen molar-refractivity contribution in [2.24, 2.45) is 0 Å². The molecule has 1 aliphatic rings. The highest BCUT2D eigenvalue weighted by Gasteiger charge is 2.45. The van der Waals surface area contributed by atoms with Crippen molar-refractivity contribution in [2.75, 3.05) is 6.61 Å². The summed E-state index contributed by atoms with van der Waals surface area (Å²) in [7, 11) is 0. The molecule has 0 radical (unpaired) electrons. The molecule has 140 valence electrons. The minimum Gasteiger partial charge on any atom is -0.457 e. The van der Waals surface area contributed by atoms with Gasteiger partial charge < -0.3 is 14.6 Å². The monoisotopic (exact) mass is 405 g/mol. The number of benzene rings is 2. The van der Waals surface area contributed by atoms with E-state index in [4.69, 9.17) is 32.7 Å². The van der Waals surface area contributed by atoms with E-state index in [0.717, 1.165) is 6.42 Å². The zero-order valence-electron chi connectivity index (χ0n) is 14.3. The molecule has 1 N–H and O–H groups in total. The van der Waals surface area contributed by atoms with Crippen LogP contribution in [0.25, 0.3) is 0 Å². The van der Waals surface area contributed by atoms with Crippen LogP contribution in [0.3, 0.4) is 0 Å². The molecule has 2 atom stereocenters. The van der Waals surface area contributed by atoms with Gasteiger partial charge in [-0.1, -0.05) is 23.2 Å². The van der Waals surface area contributed by atoms with Crippen LogP contribution in [-0.2, 0) is 10.5 Å². The van der Waals surface area contributed by atoms with Gasteiger partial charge in [0.15, 0.2) is 0 Å². The van der Waals surface area contributed by atoms with Crippen molar-refractivity contribution in [1.82, 2.24) is 14.8 Å². The van der Waals surface area contributed by atoms with Gasteiger partial charge in [0, 0.05) is 10.6 Å². The third kappa shape index (κ3) is 3.66. The number of rotatable bonds is 4. The predicted molar refractivity (Wildman–Crippen MR) is 101 cm³/mol. The Balaban J connectivity index is 1.63. The van der Waals surface area contributed by atoms with E-state index >= 15 is 0 Å². The highest BCUT2D eigenvalue weighted by Crippen LogP contribution is 2.44. The second-order valence-electron chi connectivity index (χ2n) is 6.28. The van der Waals surface area contributed by atoms with Crippen LogP contribution in [0.2, 0.25) is 10.0 Å². The lowest BCUT2D eigenvalue weighted by atomic mass is 9.92. The molecule has 1 saturated heterocycles. The van der Waals surface area contributed by atoms with Crippen molar-refractivity contribution in [3.63, 3.8) is 0 Å². The molecular formula is C19H17Cl2N3O3. The van der Waals surface area contributed by atoms with Gasteiger partial charge in [-0.3, -0.25) is 0 Å². The highest BCUT2D eigenvalue weighted by molar-refractivity contribution is 6.31. The number of ether oxygens (including phenoxy) is 2. The number of hydrogen-bond donors (Lipinski definition) is 1. The largest absolute Gasteiger partial charge is 0.457 e. The van der Waals surface area contributed by atoms with Gasteiger partial charge in [0.25, 0.3) is 0 Å². The van der Waals surface area contributed by atoms with Crippen LogP contribution in [0.15, 0.2) is 55.1 Å². The Bertz CT molecular complexity index is 918. The normalized spacial score (nSPS) is 22.6. The van der Waals surface area contributed by atoms with Crippen molar-refractivity contribution in [1.29, 1.82) is 0 Å². The third-order valence-electron chi connectivity index (χ3n) is 4.53. The van der Waals surface area contributed by atoms with Gasteiger partial charge in [-0.25, -0.2) is 9.67 Å². The molecular weight excluding hydrogens is 389 g/mol. The molecule has 0 saturated carbocycles. The van der Waals surface area contributed by atoms with E-state index in [1.807, 2.05) is 0 Å². The Hall–Kier alpha value is -2.12. The van der Waals surface area contributed by atoms with E-state index in [0.29, 0.717) is 40.1 Å². The topological polar surface area (TPSA) is 69.4 Å². The van der Waals surface area contributed by atoms with Crippen molar-refractivity contribution < 1.29 is 14.6 Å². The fourth-order valence-corrected chi connectivity index (χ4v) is 3.66. The van der Waals surface area contributed by atoms with Gasteiger partial charge in [-0.05, 0) is 55.3 Å². The fourth-order valence-electron chi connectivity index (χ4n) is 3.23. The zero-order chi connectivity index (χ0) is 18.9. The lowest BCUT2D eigenvalue weighted by molar-refractivity contribution is -0.262. The Morgan fingerprint density at radius 2 is 1.93 bits per heavy atom. The summed E-state index contributed by atoms with van der Waals surface area (Å²) in [4.78, 5) is 3.97. The van der Waals surface area contributed by atoms with E-state index < -0.39 is 11.8 Å². The molecule has 0 bridgehead atoms. The summed E-state index contributed by atoms with van der Waals surface area (Å²) < 4.78 is 13.2. The molecule has 0 aliphatic carbocycles. The van der Waals surface area contributed by atoms with Crippen molar-refractivity contribution in [3.05, 3.63) is 70.7 Å². The predicted octanol–water partition coefficient (Wildman–Crippen LogP) is 4.57. The van der Waals surface area contributed by atoms with E-state index in [-0.39, 0.29) is 0 Å². The molecule has 1 fully saturated rings. The van der Waals surface area contributed by atoms with E-state index in [1.165, 1.54) is 6.33 Å². The van der Waals surface area contributed by atoms with Crippen molar-refractivity contribution in [2.45, 2.75) is 24.7 Å². The minimum atomic E-state index is -1.60. The molecule has 3 aromatic rings. The van der Waals surface area contributed by atoms with Crippen LogP contribution in [0.1, 0.15) is 24.4 Å². The molecule has 0 spiro atoms. The number of aliphatic hydroxyl groups is 1. The summed E-state index contributed by atoms with van der Waals surface area (Å²) in [6.07, 6.45) is 4.50. The second-order valence-corrected chi connectivity index (χ2v) is 7.12. The van der Waals surface area contributed by atoms with Gasteiger partial charge in [0.05, 0.1) is 11.6 Å². The number of halogens is 2. The first-order chi connectivity index (χ1) is 13.1. The molecule has 1 aromatic heterocycles. The van der Waals surface area contributed by atoms with Gasteiger partial charge in [-0.15, -0.1) is 0 Å². The quantitative estimate of drug-likeness (QED) is 0.687. The first-order valence-electron chi connectivity index (χ1n) is 8.50. The van der Waals surface area contributed by atoms with Gasteiger partial charge in [-0.2, -0.15) is 5.10 Å². The lowest BCUT2D eigenvalue weighted by Crippen LogP contribution is -2.43. The summed E-state index contributed by atoms with van der Waals surface area (Å²) in [6.45, 7) is 0.432. The molecule has 6 nitrogen and oxygen atoms in total. The first-order valence-corrected chi connectivity index (χ1v) is 9.26. The minimum absolute atomic E-state index is 0.343. The molecule has 27 heavy (non-hydrogen) atoms. The number of nitrogens with zero attached hydrogens (tertiary/aromatic N) is 3. The summed E-state index contributed by atoms with van der Waals surface area (Å²) in [6, 6.07) is 11.7. The smallest absolute Gasteiger partial charge is 0.217 e. The third-order valence-corrected chi connectivity index (χ3v) is 5.09. The maximum Gasteiger partial charge on any atom is 0.217 e. The van der Waals surface area contributed by atoms with E-state index in [9.17, 15) is 5.11 Å². The maximum atomic E-state index is 11.3. The standard InChI is InChI=1S/C19H17Cl2N3O3/c20-13-3-5-14(6-4-13)27-15-7-8-16(17(21)10-15)19(25)18(2-1-9-26-19)24-12-22-11-23-24/h3-8,10-12,18,25H,1-2,9H2. The van der Waals surface area contributed by atoms with Gasteiger partial charge in [0.2, 0.25) is 5.79 Å². The van der Waals surface area contributed by atoms with Crippen molar-refractivity contribution >= 4 is 23.2 Å². The molecule has 2 heterocycles. The summed E-state index contributed by atoms with van der Waals surface area (Å²) in [5.41, 5.74) is 0.466. The Kier molecular flexibility index (Phi) is 5.06. The average molecular weight is 406 g/mol. The van der Waals surface area contributed by atoms with Crippen molar-refractivity contribution in [3.8, 4) is 11.5 Å². The fraction of sp³-hybridized carbons (Fsp3) is 0.263. The SMILES string of the molecule is OC1(c2ccc(Oc3ccc(Cl)cc3)cc2Cl)OCCCC1n1cncn1. The second kappa shape index (κ2) is 7.48. The number of hydrogen-bond acceptors (Lipinski definition) is 5. The van der Waals surface area contributed by atoms with Crippen LogP contribution in [0.5, 0.6) is 11.5 Å². The van der Waals surface area contributed by atoms with Crippen LogP contribution < -0.4 is 4.74 Å². The average Bonchev–Trinajstić information content (AvgIpc) is 3.18. The highest BCUT2D eigenvalue weighted by atomic mass is 35.5. The summed E-state index contributed by atoms with van der Waals surface area (Å²) >= 11 is 12.4. The van der Waals surface area contributed by atoms with Crippen LogP contribution in [0.4, 0.5) is 0 Å². The Morgan fingerprint density at radius 1 is 1.15 bits per heavy atom. The van der Waals surface area contributed by atoms with Crippen LogP contribution in [0, 0.1) is 0 Å². The summed E-state index contributed by atoms with van der Waals surface area (Å²) in [5, 5.41) is 16.4. The van der Waals surface area contributed by atoms with Gasteiger partial charge in [0.1, 0.15) is 30.2 Å². The lowest BCUT2D eigenvalue weighted by Gasteiger charge is -2.40. The van der Waals surface area contributed by atoms with E-state index in [1.54, 1.807) is 53.5 Å². The first kappa shape index (κ1) is 18.3. The van der Waals surface area contributed by atoms with Crippen LogP contribution in [-0.4, -0.2) is 26.5 Å². The molecule has 8 heteroatoms. The van der Waals surface area contributed by atoms with Gasteiger partial charge >= 0.3 is 0 Å². The molecule has 4 rings (SSSR count). The zero-order valence-corrected chi connectivity index (χ0v) is 15.8. The van der Waals surface area contributed by atoms with E-state index in [2.05, 4.69) is 10.1 Å². The molecule has 0 amide bonds. The molecule has 1 aliphatic heterocycles. The van der Waals surface area contributed by atoms with Crippen LogP contribution >= 0.6 is 23.2 Å². The molecule has 2 unspecified atom stereocenters. The molecule has 2 aromatic carbocycles. The number of aromatic nitrogens is 3.